The van der Waals surface area contributed by atoms with Crippen LogP contribution in [0.25, 0.3) is 0 Å². The first-order chi connectivity index (χ1) is 7.68. The Balaban J connectivity index is 2.05. The Hall–Kier alpha value is -0.650. The number of halogens is 1. The molecule has 0 saturated carbocycles. The fourth-order valence-corrected chi connectivity index (χ4v) is 1.32. The van der Waals surface area contributed by atoms with Gasteiger partial charge < -0.3 is 15.0 Å². The molecule has 0 aromatic carbocycles. The van der Waals surface area contributed by atoms with Gasteiger partial charge in [-0.3, -0.25) is 0 Å². The van der Waals surface area contributed by atoms with Gasteiger partial charge in [-0.15, -0.1) is 0 Å². The van der Waals surface area contributed by atoms with Crippen molar-refractivity contribution in [2.45, 2.75) is 0 Å². The number of anilines is 1. The maximum absolute atomic E-state index is 5.45. The molecular formula is C11H18BrN3O. The highest BCUT2D eigenvalue weighted by Crippen LogP contribution is 2.09. The van der Waals surface area contributed by atoms with Gasteiger partial charge in [0.1, 0.15) is 5.82 Å². The minimum Gasteiger partial charge on any atom is -0.378 e. The third kappa shape index (κ3) is 6.05. The maximum Gasteiger partial charge on any atom is 0.126 e. The molecule has 16 heavy (non-hydrogen) atoms. The van der Waals surface area contributed by atoms with E-state index >= 15 is 0 Å². The van der Waals surface area contributed by atoms with Crippen molar-refractivity contribution in [2.75, 3.05) is 45.7 Å². The molecule has 1 heterocycles. The van der Waals surface area contributed by atoms with Gasteiger partial charge in [0.2, 0.25) is 0 Å². The van der Waals surface area contributed by atoms with Crippen molar-refractivity contribution in [2.24, 2.45) is 0 Å². The highest BCUT2D eigenvalue weighted by atomic mass is 79.9. The van der Waals surface area contributed by atoms with Crippen molar-refractivity contribution < 1.29 is 4.74 Å². The van der Waals surface area contributed by atoms with Gasteiger partial charge in [-0.25, -0.2) is 4.98 Å². The molecule has 4 nitrogen and oxygen atoms in total. The SMILES string of the molecule is CN(C)CCOCCNc1ccc(Br)cn1. The third-order valence-electron chi connectivity index (χ3n) is 1.96. The molecule has 0 spiro atoms. The largest absolute Gasteiger partial charge is 0.378 e. The molecule has 1 aromatic rings. The van der Waals surface area contributed by atoms with E-state index in [4.69, 9.17) is 4.74 Å². The minimum absolute atomic E-state index is 0.700. The van der Waals surface area contributed by atoms with Crippen molar-refractivity contribution >= 4 is 21.7 Å². The van der Waals surface area contributed by atoms with Crippen LogP contribution in [0.15, 0.2) is 22.8 Å². The zero-order valence-electron chi connectivity index (χ0n) is 9.74. The standard InChI is InChI=1S/C11H18BrN3O/c1-15(2)6-8-16-7-5-13-11-4-3-10(12)9-14-11/h3-4,9H,5-8H2,1-2H3,(H,13,14). The average molecular weight is 288 g/mol. The Bertz CT molecular complexity index is 290. The van der Waals surface area contributed by atoms with Crippen LogP contribution in [0.2, 0.25) is 0 Å². The van der Waals surface area contributed by atoms with Crippen LogP contribution in [0.5, 0.6) is 0 Å². The summed E-state index contributed by atoms with van der Waals surface area (Å²) in [5.74, 6) is 0.874. The number of pyridine rings is 1. The molecular weight excluding hydrogens is 270 g/mol. The Morgan fingerprint density at radius 2 is 2.19 bits per heavy atom. The van der Waals surface area contributed by atoms with Crippen LogP contribution >= 0.6 is 15.9 Å². The van der Waals surface area contributed by atoms with E-state index in [1.54, 1.807) is 6.20 Å². The van der Waals surface area contributed by atoms with Crippen LogP contribution in [0, 0.1) is 0 Å². The number of hydrogen-bond donors (Lipinski definition) is 1. The number of nitrogens with one attached hydrogen (secondary N) is 1. The zero-order chi connectivity index (χ0) is 11.8. The first-order valence-electron chi connectivity index (χ1n) is 5.26. The summed E-state index contributed by atoms with van der Waals surface area (Å²) in [5, 5.41) is 3.19. The minimum atomic E-state index is 0.700. The lowest BCUT2D eigenvalue weighted by atomic mass is 10.4. The Morgan fingerprint density at radius 1 is 1.38 bits per heavy atom. The predicted molar refractivity (Wildman–Crippen MR) is 69.8 cm³/mol. The fraction of sp³-hybridized carbons (Fsp3) is 0.545. The van der Waals surface area contributed by atoms with Crippen LogP contribution in [0.1, 0.15) is 0 Å². The molecule has 0 atom stereocenters. The van der Waals surface area contributed by atoms with E-state index in [9.17, 15) is 0 Å². The summed E-state index contributed by atoms with van der Waals surface area (Å²) in [7, 11) is 4.07. The molecule has 0 amide bonds. The number of aromatic nitrogens is 1. The molecule has 0 fully saturated rings. The van der Waals surface area contributed by atoms with E-state index in [0.717, 1.165) is 30.0 Å². The van der Waals surface area contributed by atoms with Gasteiger partial charge in [0.25, 0.3) is 0 Å². The van der Waals surface area contributed by atoms with E-state index in [1.807, 2.05) is 26.2 Å². The van der Waals surface area contributed by atoms with Crippen LogP contribution in [0.3, 0.4) is 0 Å². The zero-order valence-corrected chi connectivity index (χ0v) is 11.3. The first-order valence-corrected chi connectivity index (χ1v) is 6.05. The van der Waals surface area contributed by atoms with Gasteiger partial charge in [0, 0.05) is 23.8 Å². The van der Waals surface area contributed by atoms with E-state index in [-0.39, 0.29) is 0 Å². The van der Waals surface area contributed by atoms with Gasteiger partial charge in [-0.2, -0.15) is 0 Å². The molecule has 0 aliphatic rings. The van der Waals surface area contributed by atoms with E-state index in [1.165, 1.54) is 0 Å². The monoisotopic (exact) mass is 287 g/mol. The molecule has 0 aliphatic heterocycles. The summed E-state index contributed by atoms with van der Waals surface area (Å²) in [6, 6.07) is 3.89. The smallest absolute Gasteiger partial charge is 0.126 e. The maximum atomic E-state index is 5.45. The highest BCUT2D eigenvalue weighted by Gasteiger charge is 1.94. The number of ether oxygens (including phenoxy) is 1. The second kappa shape index (κ2) is 7.60. The summed E-state index contributed by atoms with van der Waals surface area (Å²) in [6.45, 7) is 3.20. The van der Waals surface area contributed by atoms with Gasteiger partial charge in [0.05, 0.1) is 13.2 Å². The van der Waals surface area contributed by atoms with Crippen molar-refractivity contribution in [3.8, 4) is 0 Å². The summed E-state index contributed by atoms with van der Waals surface area (Å²) >= 11 is 3.34. The highest BCUT2D eigenvalue weighted by molar-refractivity contribution is 9.10. The van der Waals surface area contributed by atoms with E-state index < -0.39 is 0 Å². The van der Waals surface area contributed by atoms with Crippen LogP contribution in [0.4, 0.5) is 5.82 Å². The Labute approximate surface area is 105 Å². The van der Waals surface area contributed by atoms with Gasteiger partial charge in [0.15, 0.2) is 0 Å². The molecule has 0 unspecified atom stereocenters. The molecule has 90 valence electrons. The number of hydrogen-bond acceptors (Lipinski definition) is 4. The fourth-order valence-electron chi connectivity index (χ4n) is 1.08. The lowest BCUT2D eigenvalue weighted by Crippen LogP contribution is -2.20. The summed E-state index contributed by atoms with van der Waals surface area (Å²) in [6.07, 6.45) is 1.77. The van der Waals surface area contributed by atoms with Crippen LogP contribution in [-0.4, -0.2) is 50.3 Å². The summed E-state index contributed by atoms with van der Waals surface area (Å²) in [4.78, 5) is 6.30. The quantitative estimate of drug-likeness (QED) is 0.777. The van der Waals surface area contributed by atoms with Gasteiger partial charge in [-0.1, -0.05) is 0 Å². The molecule has 0 bridgehead atoms. The van der Waals surface area contributed by atoms with E-state index in [0.29, 0.717) is 6.61 Å². The predicted octanol–water partition coefficient (Wildman–Crippen LogP) is 1.83. The van der Waals surface area contributed by atoms with Crippen molar-refractivity contribution in [1.82, 2.24) is 9.88 Å². The Morgan fingerprint density at radius 3 is 2.81 bits per heavy atom. The van der Waals surface area contributed by atoms with E-state index in [2.05, 4.69) is 31.1 Å². The third-order valence-corrected chi connectivity index (χ3v) is 2.43. The van der Waals surface area contributed by atoms with Crippen molar-refractivity contribution in [1.29, 1.82) is 0 Å². The molecule has 0 saturated heterocycles. The molecule has 5 heteroatoms. The molecule has 1 aromatic heterocycles. The molecule has 1 N–H and O–H groups in total. The van der Waals surface area contributed by atoms with Crippen molar-refractivity contribution in [3.05, 3.63) is 22.8 Å². The molecule has 0 radical (unpaired) electrons. The van der Waals surface area contributed by atoms with Crippen LogP contribution < -0.4 is 5.32 Å². The summed E-state index contributed by atoms with van der Waals surface area (Å²) in [5.41, 5.74) is 0. The summed E-state index contributed by atoms with van der Waals surface area (Å²) < 4.78 is 6.44. The van der Waals surface area contributed by atoms with Gasteiger partial charge >= 0.3 is 0 Å². The van der Waals surface area contributed by atoms with Crippen molar-refractivity contribution in [3.63, 3.8) is 0 Å². The average Bonchev–Trinajstić information content (AvgIpc) is 2.25. The molecule has 1 rings (SSSR count). The van der Waals surface area contributed by atoms with Gasteiger partial charge in [-0.05, 0) is 42.2 Å². The Kier molecular flexibility index (Phi) is 6.37. The normalized spacial score (nSPS) is 10.8. The lowest BCUT2D eigenvalue weighted by Gasteiger charge is -2.10. The molecule has 0 aliphatic carbocycles. The first kappa shape index (κ1) is 13.4. The number of rotatable bonds is 7. The topological polar surface area (TPSA) is 37.4 Å². The lowest BCUT2D eigenvalue weighted by molar-refractivity contribution is 0.126. The second-order valence-corrected chi connectivity index (χ2v) is 4.62. The van der Waals surface area contributed by atoms with Crippen LogP contribution in [-0.2, 0) is 4.74 Å². The second-order valence-electron chi connectivity index (χ2n) is 3.70. The number of nitrogens with zero attached hydrogens (tertiary/aromatic N) is 2. The number of likely N-dealkylation sites (N-methyl/N-ethyl adjacent to an activating group) is 1.